The van der Waals surface area contributed by atoms with Crippen molar-refractivity contribution >= 4 is 42.9 Å². The fraction of sp³-hybridized carbons (Fsp3) is 0.250. The number of fused-ring (bicyclic) bond motifs is 1. The van der Waals surface area contributed by atoms with Crippen molar-refractivity contribution in [2.45, 2.75) is 0 Å². The molecular formula is C8H7Br2N3O2. The summed E-state index contributed by atoms with van der Waals surface area (Å²) in [6, 6.07) is 0. The molecule has 5 nitrogen and oxygen atoms in total. The van der Waals surface area contributed by atoms with Crippen molar-refractivity contribution in [3.05, 3.63) is 29.9 Å². The molecule has 0 aliphatic rings. The number of hydrogen-bond acceptors (Lipinski definition) is 2. The minimum absolute atomic E-state index is 0.334. The first-order valence-corrected chi connectivity index (χ1v) is 5.66. The summed E-state index contributed by atoms with van der Waals surface area (Å²) in [5.74, 6) is 0. The van der Waals surface area contributed by atoms with Crippen LogP contribution in [-0.2, 0) is 14.1 Å². The second-order valence-corrected chi connectivity index (χ2v) is 4.77. The lowest BCUT2D eigenvalue weighted by molar-refractivity contribution is 0.712. The molecule has 0 saturated heterocycles. The first-order chi connectivity index (χ1) is 6.95. The summed E-state index contributed by atoms with van der Waals surface area (Å²) in [4.78, 5) is 26.3. The third-order valence-electron chi connectivity index (χ3n) is 2.30. The van der Waals surface area contributed by atoms with Gasteiger partial charge in [0.2, 0.25) is 0 Å². The number of aromatic amines is 1. The molecule has 0 atom stereocenters. The molecule has 0 aliphatic heterocycles. The molecule has 80 valence electrons. The molecule has 0 spiro atoms. The van der Waals surface area contributed by atoms with E-state index >= 15 is 0 Å². The van der Waals surface area contributed by atoms with Crippen LogP contribution in [0, 0.1) is 0 Å². The lowest BCUT2D eigenvalue weighted by Crippen LogP contribution is -2.36. The van der Waals surface area contributed by atoms with Crippen LogP contribution in [0.1, 0.15) is 0 Å². The lowest BCUT2D eigenvalue weighted by atomic mass is 10.4. The van der Waals surface area contributed by atoms with E-state index < -0.39 is 0 Å². The number of halogens is 2. The highest BCUT2D eigenvalue weighted by Crippen LogP contribution is 2.28. The summed E-state index contributed by atoms with van der Waals surface area (Å²) in [5, 5.41) is 0. The normalized spacial score (nSPS) is 11.2. The Morgan fingerprint density at radius 1 is 1.13 bits per heavy atom. The Labute approximate surface area is 101 Å². The molecule has 2 heterocycles. The molecule has 0 saturated carbocycles. The Balaban J connectivity index is 3.23. The van der Waals surface area contributed by atoms with Crippen LogP contribution in [0.2, 0.25) is 0 Å². The van der Waals surface area contributed by atoms with Gasteiger partial charge in [-0.15, -0.1) is 0 Å². The minimum Gasteiger partial charge on any atom is -0.343 e. The largest absolute Gasteiger partial charge is 0.343 e. The molecule has 0 aliphatic carbocycles. The first kappa shape index (κ1) is 10.7. The van der Waals surface area contributed by atoms with E-state index in [0.717, 1.165) is 4.57 Å². The lowest BCUT2D eigenvalue weighted by Gasteiger charge is -2.03. The van der Waals surface area contributed by atoms with E-state index in [1.54, 1.807) is 7.05 Å². The van der Waals surface area contributed by atoms with Crippen molar-refractivity contribution in [3.8, 4) is 0 Å². The van der Waals surface area contributed by atoms with Gasteiger partial charge in [0, 0.05) is 14.1 Å². The van der Waals surface area contributed by atoms with Crippen LogP contribution in [-0.4, -0.2) is 14.1 Å². The second-order valence-electron chi connectivity index (χ2n) is 3.18. The molecule has 2 rings (SSSR count). The third-order valence-corrected chi connectivity index (χ3v) is 4.20. The number of H-pyrrole nitrogens is 1. The molecule has 0 amide bonds. The second kappa shape index (κ2) is 3.34. The highest BCUT2D eigenvalue weighted by Gasteiger charge is 2.15. The fourth-order valence-corrected chi connectivity index (χ4v) is 2.43. The standard InChI is InChI=1S/C8H7Br2N3O2/c1-12-5-3(9)6(10)11-4(5)7(14)13(2)8(12)15/h11H,1-2H3. The molecule has 2 aromatic rings. The molecule has 2 aromatic heterocycles. The van der Waals surface area contributed by atoms with E-state index in [2.05, 4.69) is 36.8 Å². The van der Waals surface area contributed by atoms with Gasteiger partial charge in [0.05, 0.1) is 14.6 Å². The number of aromatic nitrogens is 3. The summed E-state index contributed by atoms with van der Waals surface area (Å²) < 4.78 is 3.81. The molecule has 0 bridgehead atoms. The van der Waals surface area contributed by atoms with Gasteiger partial charge >= 0.3 is 5.69 Å². The summed E-state index contributed by atoms with van der Waals surface area (Å²) >= 11 is 6.57. The molecular weight excluding hydrogens is 330 g/mol. The Morgan fingerprint density at radius 2 is 1.73 bits per heavy atom. The monoisotopic (exact) mass is 335 g/mol. The van der Waals surface area contributed by atoms with Gasteiger partial charge in [-0.05, 0) is 31.9 Å². The van der Waals surface area contributed by atoms with Crippen molar-refractivity contribution in [1.29, 1.82) is 0 Å². The summed E-state index contributed by atoms with van der Waals surface area (Å²) in [6.07, 6.45) is 0. The van der Waals surface area contributed by atoms with Crippen LogP contribution in [0.4, 0.5) is 0 Å². The number of nitrogens with zero attached hydrogens (tertiary/aromatic N) is 2. The maximum absolute atomic E-state index is 11.7. The van der Waals surface area contributed by atoms with Crippen LogP contribution in [0.15, 0.2) is 18.7 Å². The number of aryl methyl sites for hydroxylation is 1. The zero-order valence-corrected chi connectivity index (χ0v) is 11.1. The number of hydrogen-bond donors (Lipinski definition) is 1. The van der Waals surface area contributed by atoms with Crippen molar-refractivity contribution in [1.82, 2.24) is 14.1 Å². The van der Waals surface area contributed by atoms with Crippen LogP contribution in [0.25, 0.3) is 11.0 Å². The van der Waals surface area contributed by atoms with Gasteiger partial charge in [0.25, 0.3) is 5.56 Å². The SMILES string of the molecule is Cn1c(=O)c2[nH]c(Br)c(Br)c2n(C)c1=O. The maximum atomic E-state index is 11.7. The van der Waals surface area contributed by atoms with Gasteiger partial charge in [0.15, 0.2) is 0 Å². The van der Waals surface area contributed by atoms with Crippen molar-refractivity contribution in [2.75, 3.05) is 0 Å². The van der Waals surface area contributed by atoms with E-state index in [9.17, 15) is 9.59 Å². The molecule has 15 heavy (non-hydrogen) atoms. The topological polar surface area (TPSA) is 59.8 Å². The first-order valence-electron chi connectivity index (χ1n) is 4.08. The number of nitrogens with one attached hydrogen (secondary N) is 1. The van der Waals surface area contributed by atoms with Gasteiger partial charge in [-0.1, -0.05) is 0 Å². The Morgan fingerprint density at radius 3 is 2.33 bits per heavy atom. The molecule has 1 N–H and O–H groups in total. The minimum atomic E-state index is -0.347. The zero-order valence-electron chi connectivity index (χ0n) is 7.97. The van der Waals surface area contributed by atoms with Crippen LogP contribution >= 0.6 is 31.9 Å². The average Bonchev–Trinajstić information content (AvgIpc) is 2.50. The van der Waals surface area contributed by atoms with E-state index in [4.69, 9.17) is 0 Å². The van der Waals surface area contributed by atoms with E-state index in [0.29, 0.717) is 20.1 Å². The highest BCUT2D eigenvalue weighted by atomic mass is 79.9. The molecule has 0 fully saturated rings. The van der Waals surface area contributed by atoms with Gasteiger partial charge in [0.1, 0.15) is 5.52 Å². The quantitative estimate of drug-likeness (QED) is 0.783. The molecule has 7 heteroatoms. The third kappa shape index (κ3) is 1.33. The predicted molar refractivity (Wildman–Crippen MR) is 64.2 cm³/mol. The van der Waals surface area contributed by atoms with Gasteiger partial charge in [-0.3, -0.25) is 13.9 Å². The highest BCUT2D eigenvalue weighted by molar-refractivity contribution is 9.13. The van der Waals surface area contributed by atoms with Crippen LogP contribution in [0.3, 0.4) is 0 Å². The summed E-state index contributed by atoms with van der Waals surface area (Å²) in [6.45, 7) is 0. The van der Waals surface area contributed by atoms with Gasteiger partial charge < -0.3 is 4.98 Å². The Kier molecular flexibility index (Phi) is 2.38. The van der Waals surface area contributed by atoms with E-state index in [1.807, 2.05) is 0 Å². The van der Waals surface area contributed by atoms with Gasteiger partial charge in [-0.2, -0.15) is 0 Å². The van der Waals surface area contributed by atoms with Crippen LogP contribution in [0.5, 0.6) is 0 Å². The Bertz CT molecular complexity index is 665. The average molecular weight is 337 g/mol. The van der Waals surface area contributed by atoms with Crippen molar-refractivity contribution in [2.24, 2.45) is 14.1 Å². The van der Waals surface area contributed by atoms with Gasteiger partial charge in [-0.25, -0.2) is 4.79 Å². The van der Waals surface area contributed by atoms with Crippen LogP contribution < -0.4 is 11.2 Å². The summed E-state index contributed by atoms with van der Waals surface area (Å²) in [7, 11) is 3.07. The molecule has 0 unspecified atom stereocenters. The zero-order chi connectivity index (χ0) is 11.3. The smallest absolute Gasteiger partial charge is 0.331 e. The molecule has 0 aromatic carbocycles. The maximum Gasteiger partial charge on any atom is 0.331 e. The predicted octanol–water partition coefficient (Wildman–Crippen LogP) is 1.09. The molecule has 0 radical (unpaired) electrons. The van der Waals surface area contributed by atoms with E-state index in [1.165, 1.54) is 11.6 Å². The fourth-order valence-electron chi connectivity index (χ4n) is 1.48. The van der Waals surface area contributed by atoms with Crippen molar-refractivity contribution in [3.63, 3.8) is 0 Å². The van der Waals surface area contributed by atoms with E-state index in [-0.39, 0.29) is 11.2 Å². The summed E-state index contributed by atoms with van der Waals surface area (Å²) in [5.41, 5.74) is 0.285. The van der Waals surface area contributed by atoms with Crippen molar-refractivity contribution < 1.29 is 0 Å². The Hall–Kier alpha value is -0.820. The number of rotatable bonds is 0.